The number of nitrogens with zero attached hydrogens (tertiary/aromatic N) is 9. The number of hydrogen-bond acceptors (Lipinski definition) is 19. The smallest absolute Gasteiger partial charge is 0.415 e. The van der Waals surface area contributed by atoms with Gasteiger partial charge in [0.2, 0.25) is 23.7 Å². The average molecular weight is 1110 g/mol. The molecule has 3 aliphatic rings. The molecule has 438 valence electrons. The van der Waals surface area contributed by atoms with Crippen LogP contribution in [0.5, 0.6) is 11.5 Å². The van der Waals surface area contributed by atoms with Crippen LogP contribution >= 0.6 is 0 Å². The second-order valence-corrected chi connectivity index (χ2v) is 21.1. The van der Waals surface area contributed by atoms with Crippen molar-refractivity contribution < 1.29 is 47.7 Å². The summed E-state index contributed by atoms with van der Waals surface area (Å²) in [7, 11) is 0. The molecular weight excluding hydrogens is 1020 g/mol. The van der Waals surface area contributed by atoms with Crippen LogP contribution in [-0.4, -0.2) is 141 Å². The number of aromatic nitrogens is 4. The van der Waals surface area contributed by atoms with Gasteiger partial charge in [-0.2, -0.15) is 9.97 Å². The maximum Gasteiger partial charge on any atom is 0.415 e. The van der Waals surface area contributed by atoms with Crippen LogP contribution in [0.15, 0.2) is 60.9 Å². The second kappa shape index (κ2) is 29.4. The number of carbonyl (C=O) groups is 6. The number of nitrogens with two attached hydrogens (primary N) is 1. The van der Waals surface area contributed by atoms with Gasteiger partial charge in [0.1, 0.15) is 40.5 Å². The van der Waals surface area contributed by atoms with Gasteiger partial charge in [-0.25, -0.2) is 34.0 Å². The molecule has 0 unspecified atom stereocenters. The lowest BCUT2D eigenvalue weighted by atomic mass is 10.0. The van der Waals surface area contributed by atoms with E-state index in [0.717, 1.165) is 67.9 Å². The van der Waals surface area contributed by atoms with E-state index >= 15 is 0 Å². The van der Waals surface area contributed by atoms with Gasteiger partial charge in [0, 0.05) is 78.0 Å². The van der Waals surface area contributed by atoms with Crippen molar-refractivity contribution in [3.05, 3.63) is 72.1 Å². The molecule has 0 saturated carbocycles. The largest absolute Gasteiger partial charge is 0.458 e. The van der Waals surface area contributed by atoms with Gasteiger partial charge in [-0.1, -0.05) is 39.1 Å². The Kier molecular flexibility index (Phi) is 23.8. The highest BCUT2D eigenvalue weighted by atomic mass is 16.6. The van der Waals surface area contributed by atoms with Crippen LogP contribution in [0.3, 0.4) is 0 Å². The lowest BCUT2D eigenvalue weighted by Gasteiger charge is -2.27. The van der Waals surface area contributed by atoms with Gasteiger partial charge >= 0.3 is 24.1 Å². The van der Waals surface area contributed by atoms with E-state index in [1.165, 1.54) is 6.20 Å². The van der Waals surface area contributed by atoms with Crippen LogP contribution in [0.1, 0.15) is 134 Å². The van der Waals surface area contributed by atoms with E-state index < -0.39 is 35.2 Å². The molecule has 4 N–H and O–H groups in total. The first-order valence-corrected chi connectivity index (χ1v) is 27.0. The molecule has 4 amide bonds. The number of rotatable bonds is 19. The molecule has 22 nitrogen and oxygen atoms in total. The van der Waals surface area contributed by atoms with Gasteiger partial charge in [0.25, 0.3) is 0 Å². The van der Waals surface area contributed by atoms with Crippen molar-refractivity contribution in [2.24, 2.45) is 0 Å². The number of ether oxygens (including phenoxy) is 4. The van der Waals surface area contributed by atoms with E-state index in [1.807, 2.05) is 70.4 Å². The molecule has 3 aliphatic heterocycles. The normalized spacial score (nSPS) is 14.8. The number of likely N-dealkylation sites (tertiary alicyclic amines) is 2. The third-order valence-electron chi connectivity index (χ3n) is 12.8. The molecule has 0 spiro atoms. The number of hydrogen-bond donors (Lipinski definition) is 3. The van der Waals surface area contributed by atoms with Crippen molar-refractivity contribution in [1.82, 2.24) is 29.7 Å². The van der Waals surface area contributed by atoms with Crippen molar-refractivity contribution in [3.8, 4) is 11.5 Å². The highest BCUT2D eigenvalue weighted by molar-refractivity contribution is 6.21. The van der Waals surface area contributed by atoms with Gasteiger partial charge in [0.15, 0.2) is 11.6 Å². The predicted molar refractivity (Wildman–Crippen MR) is 311 cm³/mol. The lowest BCUT2D eigenvalue weighted by molar-refractivity contribution is -0.156. The number of nitrogens with one attached hydrogen (secondary N) is 2. The van der Waals surface area contributed by atoms with Gasteiger partial charge in [-0.05, 0) is 130 Å². The average Bonchev–Trinajstić information content (AvgIpc) is 4.27. The summed E-state index contributed by atoms with van der Waals surface area (Å²) in [6.45, 7) is 24.4. The summed E-state index contributed by atoms with van der Waals surface area (Å²) < 4.78 is 22.4. The van der Waals surface area contributed by atoms with Crippen LogP contribution in [0.4, 0.5) is 44.5 Å². The summed E-state index contributed by atoms with van der Waals surface area (Å²) in [5, 5.41) is 6.35. The molecule has 80 heavy (non-hydrogen) atoms. The maximum atomic E-state index is 13.5. The molecule has 7 rings (SSSR count). The van der Waals surface area contributed by atoms with E-state index in [2.05, 4.69) is 30.6 Å². The molecule has 2 aromatic heterocycles. The minimum Gasteiger partial charge on any atom is -0.458 e. The number of nitrogen functional groups attached to an aromatic ring is 1. The van der Waals surface area contributed by atoms with E-state index in [9.17, 15) is 28.8 Å². The molecule has 0 aliphatic carbocycles. The molecule has 2 aromatic carbocycles. The third kappa shape index (κ3) is 18.4. The Hall–Kier alpha value is -7.78. The first kappa shape index (κ1) is 64.7. The highest BCUT2D eigenvalue weighted by Gasteiger charge is 2.35. The maximum absolute atomic E-state index is 13.5. The highest BCUT2D eigenvalue weighted by Crippen LogP contribution is 2.32. The standard InChI is InChI=1S/C30H40N6O6.C26H38N6O4.2CH4/c1-6-34(7-2)28-31-19-23(36-24(37)14-15-25(36)38)26(33-28)32-22(27(39)42-30(3,4)5)18-20-10-12-21(13-11-20)41-29(40)35-16-8-9-17-35;1-6-31(7-2)24-28-17-20(27)22(30-24)29-21(23(33)36-26(3,4)5)16-18-10-12-19(13-11-18)35-25(34)32-14-8-9-15-32;;/h10-13,19,22H,6-9,14-18H2,1-5H3,(H,31,32,33);10-13,17,21H,6-9,14-16,27H2,1-5H3,(H,28,29,30);2*1H4/t22-;21-;;/m00../s1. The van der Waals surface area contributed by atoms with Crippen LogP contribution in [-0.2, 0) is 41.5 Å². The fourth-order valence-corrected chi connectivity index (χ4v) is 8.75. The second-order valence-electron chi connectivity index (χ2n) is 21.1. The molecular formula is C58H86N12O10. The summed E-state index contributed by atoms with van der Waals surface area (Å²) in [5.74, 6) is 0.703. The van der Waals surface area contributed by atoms with Crippen molar-refractivity contribution in [3.63, 3.8) is 0 Å². The van der Waals surface area contributed by atoms with Gasteiger partial charge in [0.05, 0.1) is 18.1 Å². The molecule has 4 aromatic rings. The predicted octanol–water partition coefficient (Wildman–Crippen LogP) is 9.07. The zero-order valence-electron chi connectivity index (χ0n) is 46.9. The quantitative estimate of drug-likeness (QED) is 0.0584. The van der Waals surface area contributed by atoms with Crippen molar-refractivity contribution >= 4 is 70.8 Å². The van der Waals surface area contributed by atoms with E-state index in [-0.39, 0.29) is 69.6 Å². The Morgan fingerprint density at radius 1 is 0.588 bits per heavy atom. The monoisotopic (exact) mass is 1110 g/mol. The van der Waals surface area contributed by atoms with Crippen LogP contribution < -0.4 is 40.5 Å². The first-order chi connectivity index (χ1) is 37.1. The van der Waals surface area contributed by atoms with Crippen molar-refractivity contribution in [2.45, 2.75) is 159 Å². The Bertz CT molecular complexity index is 2680. The van der Waals surface area contributed by atoms with Crippen molar-refractivity contribution in [2.75, 3.05) is 83.4 Å². The van der Waals surface area contributed by atoms with Crippen LogP contribution in [0.25, 0.3) is 0 Å². The topological polar surface area (TPSA) is 257 Å². The molecule has 3 saturated heterocycles. The zero-order valence-corrected chi connectivity index (χ0v) is 46.9. The number of esters is 2. The summed E-state index contributed by atoms with van der Waals surface area (Å²) in [4.78, 5) is 103. The molecule has 2 atom stereocenters. The zero-order chi connectivity index (χ0) is 56.7. The third-order valence-corrected chi connectivity index (χ3v) is 12.8. The SMILES string of the molecule is C.C.CCN(CC)c1ncc(N)c(N[C@@H](Cc2ccc(OC(=O)N3CCCC3)cc2)C(=O)OC(C)(C)C)n1.CCN(CC)c1ncc(N2C(=O)CCC2=O)c(N[C@@H](Cc2ccc(OC(=O)N3CCCC3)cc2)C(=O)OC(C)(C)C)n1. The summed E-state index contributed by atoms with van der Waals surface area (Å²) in [5.41, 5.74) is 6.89. The minimum atomic E-state index is -0.923. The summed E-state index contributed by atoms with van der Waals surface area (Å²) in [6.07, 6.45) is 6.92. The molecule has 3 fully saturated rings. The molecule has 5 heterocycles. The number of anilines is 6. The molecule has 0 radical (unpaired) electrons. The fraction of sp³-hybridized carbons (Fsp3) is 0.552. The van der Waals surface area contributed by atoms with Crippen LogP contribution in [0, 0.1) is 0 Å². The molecule has 0 bridgehead atoms. The van der Waals surface area contributed by atoms with Gasteiger partial charge in [-0.3, -0.25) is 9.59 Å². The Morgan fingerprint density at radius 3 is 1.32 bits per heavy atom. The number of carbonyl (C=O) groups excluding carboxylic acids is 6. The minimum absolute atomic E-state index is 0. The lowest BCUT2D eigenvalue weighted by Crippen LogP contribution is -2.39. The van der Waals surface area contributed by atoms with E-state index in [0.29, 0.717) is 67.5 Å². The summed E-state index contributed by atoms with van der Waals surface area (Å²) >= 11 is 0. The van der Waals surface area contributed by atoms with E-state index in [4.69, 9.17) is 24.7 Å². The van der Waals surface area contributed by atoms with Gasteiger partial charge < -0.3 is 54.9 Å². The van der Waals surface area contributed by atoms with Crippen molar-refractivity contribution in [1.29, 1.82) is 0 Å². The summed E-state index contributed by atoms with van der Waals surface area (Å²) in [6, 6.07) is 12.4. The van der Waals surface area contributed by atoms with Gasteiger partial charge in [-0.15, -0.1) is 0 Å². The Balaban J connectivity index is 0.000000340. The van der Waals surface area contributed by atoms with E-state index in [1.54, 1.807) is 73.2 Å². The van der Waals surface area contributed by atoms with Crippen LogP contribution in [0.2, 0.25) is 0 Å². The molecule has 22 heteroatoms. The number of benzene rings is 2. The number of amides is 4. The first-order valence-electron chi connectivity index (χ1n) is 27.0. The Morgan fingerprint density at radius 2 is 0.950 bits per heavy atom. The number of imide groups is 1. The fourth-order valence-electron chi connectivity index (χ4n) is 8.75. The Labute approximate surface area is 472 Å².